The Bertz CT molecular complexity index is 664. The lowest BCUT2D eigenvalue weighted by Crippen LogP contribution is -2.33. The minimum atomic E-state index is -0.520. The van der Waals surface area contributed by atoms with E-state index in [0.717, 1.165) is 31.2 Å². The number of urea groups is 1. The summed E-state index contributed by atoms with van der Waals surface area (Å²) < 4.78 is 0. The quantitative estimate of drug-likeness (QED) is 0.882. The summed E-state index contributed by atoms with van der Waals surface area (Å²) in [5, 5.41) is 2.64. The van der Waals surface area contributed by atoms with Gasteiger partial charge in [-0.3, -0.25) is 4.90 Å². The van der Waals surface area contributed by atoms with E-state index in [1.54, 1.807) is 0 Å². The summed E-state index contributed by atoms with van der Waals surface area (Å²) in [6, 6.07) is 18.2. The average Bonchev–Trinajstić information content (AvgIpc) is 2.57. The van der Waals surface area contributed by atoms with E-state index in [1.165, 1.54) is 30.4 Å². The third-order valence-electron chi connectivity index (χ3n) is 4.68. The van der Waals surface area contributed by atoms with E-state index in [-0.39, 0.29) is 0 Å². The van der Waals surface area contributed by atoms with Gasteiger partial charge in [-0.2, -0.15) is 0 Å². The first kappa shape index (κ1) is 16.5. The second-order valence-corrected chi connectivity index (χ2v) is 6.60. The average molecular weight is 323 g/mol. The van der Waals surface area contributed by atoms with Crippen LogP contribution in [0.5, 0.6) is 0 Å². The Morgan fingerprint density at radius 1 is 1.04 bits per heavy atom. The van der Waals surface area contributed by atoms with Crippen molar-refractivity contribution in [2.75, 3.05) is 18.4 Å². The molecule has 1 aliphatic heterocycles. The predicted octanol–water partition coefficient (Wildman–Crippen LogP) is 3.63. The maximum absolute atomic E-state index is 11.0. The van der Waals surface area contributed by atoms with Gasteiger partial charge in [0.2, 0.25) is 0 Å². The molecule has 1 saturated heterocycles. The van der Waals surface area contributed by atoms with Crippen LogP contribution in [-0.2, 0) is 13.0 Å². The molecule has 0 saturated carbocycles. The number of carbonyl (C=O) groups excluding carboxylic acids is 1. The number of amides is 2. The number of carbonyl (C=O) groups is 1. The largest absolute Gasteiger partial charge is 0.351 e. The molecule has 1 aliphatic rings. The van der Waals surface area contributed by atoms with E-state index < -0.39 is 6.03 Å². The molecule has 0 bridgehead atoms. The van der Waals surface area contributed by atoms with Gasteiger partial charge in [0, 0.05) is 12.2 Å². The van der Waals surface area contributed by atoms with Crippen LogP contribution in [0.4, 0.5) is 10.5 Å². The molecular formula is C20H25N3O. The van der Waals surface area contributed by atoms with Crippen molar-refractivity contribution in [3.05, 3.63) is 65.7 Å². The molecule has 3 N–H and O–H groups in total. The van der Waals surface area contributed by atoms with Crippen LogP contribution < -0.4 is 11.1 Å². The molecule has 0 aromatic heterocycles. The molecule has 3 rings (SSSR count). The molecule has 2 aromatic carbocycles. The lowest BCUT2D eigenvalue weighted by atomic mass is 9.90. The molecule has 0 unspecified atom stereocenters. The Balaban J connectivity index is 1.49. The summed E-state index contributed by atoms with van der Waals surface area (Å²) in [5.41, 5.74) is 8.60. The zero-order valence-corrected chi connectivity index (χ0v) is 13.9. The summed E-state index contributed by atoms with van der Waals surface area (Å²) in [7, 11) is 0. The van der Waals surface area contributed by atoms with Crippen LogP contribution >= 0.6 is 0 Å². The number of primary amides is 1. The fourth-order valence-corrected chi connectivity index (χ4v) is 3.44. The number of anilines is 1. The number of benzene rings is 2. The third kappa shape index (κ3) is 4.83. The summed E-state index contributed by atoms with van der Waals surface area (Å²) in [5.74, 6) is 0.784. The van der Waals surface area contributed by atoms with Gasteiger partial charge < -0.3 is 11.1 Å². The molecule has 2 aromatic rings. The van der Waals surface area contributed by atoms with Gasteiger partial charge >= 0.3 is 6.03 Å². The first-order chi connectivity index (χ1) is 11.7. The van der Waals surface area contributed by atoms with Crippen LogP contribution in [0.1, 0.15) is 24.0 Å². The molecule has 1 fully saturated rings. The van der Waals surface area contributed by atoms with E-state index in [0.29, 0.717) is 0 Å². The maximum Gasteiger partial charge on any atom is 0.316 e. The van der Waals surface area contributed by atoms with Crippen molar-refractivity contribution in [1.29, 1.82) is 0 Å². The monoisotopic (exact) mass is 323 g/mol. The van der Waals surface area contributed by atoms with Crippen molar-refractivity contribution in [3.8, 4) is 0 Å². The van der Waals surface area contributed by atoms with Crippen molar-refractivity contribution in [3.63, 3.8) is 0 Å². The van der Waals surface area contributed by atoms with Gasteiger partial charge in [-0.25, -0.2) is 4.79 Å². The number of likely N-dealkylation sites (tertiary alicyclic amines) is 1. The van der Waals surface area contributed by atoms with Gasteiger partial charge in [0.1, 0.15) is 0 Å². The molecule has 1 heterocycles. The Kier molecular flexibility index (Phi) is 5.49. The topological polar surface area (TPSA) is 58.4 Å². The van der Waals surface area contributed by atoms with Crippen molar-refractivity contribution in [2.45, 2.75) is 25.8 Å². The van der Waals surface area contributed by atoms with E-state index in [4.69, 9.17) is 5.73 Å². The van der Waals surface area contributed by atoms with Gasteiger partial charge in [-0.15, -0.1) is 0 Å². The molecule has 4 nitrogen and oxygen atoms in total. The van der Waals surface area contributed by atoms with Gasteiger partial charge in [0.05, 0.1) is 0 Å². The Hall–Kier alpha value is -2.33. The summed E-state index contributed by atoms with van der Waals surface area (Å²) in [6.07, 6.45) is 3.68. The SMILES string of the molecule is NC(=O)Nc1cccc(CN2CCC(Cc3ccccc3)CC2)c1. The lowest BCUT2D eigenvalue weighted by Gasteiger charge is -2.32. The second kappa shape index (κ2) is 7.97. The van der Waals surface area contributed by atoms with Crippen LogP contribution in [0.15, 0.2) is 54.6 Å². The van der Waals surface area contributed by atoms with Crippen molar-refractivity contribution in [1.82, 2.24) is 4.90 Å². The molecule has 4 heteroatoms. The first-order valence-electron chi connectivity index (χ1n) is 8.61. The highest BCUT2D eigenvalue weighted by Crippen LogP contribution is 2.23. The Labute approximate surface area is 143 Å². The second-order valence-electron chi connectivity index (χ2n) is 6.60. The predicted molar refractivity (Wildman–Crippen MR) is 97.8 cm³/mol. The number of nitrogens with two attached hydrogens (primary N) is 1. The van der Waals surface area contributed by atoms with Crippen molar-refractivity contribution >= 4 is 11.7 Å². The smallest absolute Gasteiger partial charge is 0.316 e. The fraction of sp³-hybridized carbons (Fsp3) is 0.350. The zero-order valence-electron chi connectivity index (χ0n) is 13.9. The Morgan fingerprint density at radius 3 is 2.46 bits per heavy atom. The minimum absolute atomic E-state index is 0.520. The van der Waals surface area contributed by atoms with E-state index in [9.17, 15) is 4.79 Å². The summed E-state index contributed by atoms with van der Waals surface area (Å²) >= 11 is 0. The van der Waals surface area contributed by atoms with Gasteiger partial charge in [0.15, 0.2) is 0 Å². The highest BCUT2D eigenvalue weighted by molar-refractivity contribution is 5.87. The Morgan fingerprint density at radius 2 is 1.75 bits per heavy atom. The molecule has 0 aliphatic carbocycles. The number of nitrogens with zero attached hydrogens (tertiary/aromatic N) is 1. The van der Waals surface area contributed by atoms with Gasteiger partial charge in [0.25, 0.3) is 0 Å². The van der Waals surface area contributed by atoms with Crippen molar-refractivity contribution in [2.24, 2.45) is 11.7 Å². The fourth-order valence-electron chi connectivity index (χ4n) is 3.44. The molecule has 126 valence electrons. The highest BCUT2D eigenvalue weighted by Gasteiger charge is 2.19. The van der Waals surface area contributed by atoms with Crippen LogP contribution in [0.2, 0.25) is 0 Å². The van der Waals surface area contributed by atoms with Gasteiger partial charge in [-0.05, 0) is 61.5 Å². The number of piperidine rings is 1. The van der Waals surface area contributed by atoms with E-state index in [1.807, 2.05) is 18.2 Å². The molecule has 0 atom stereocenters. The number of rotatable bonds is 5. The van der Waals surface area contributed by atoms with Crippen LogP contribution in [0.25, 0.3) is 0 Å². The third-order valence-corrected chi connectivity index (χ3v) is 4.68. The number of nitrogens with one attached hydrogen (secondary N) is 1. The zero-order chi connectivity index (χ0) is 16.8. The molecule has 24 heavy (non-hydrogen) atoms. The lowest BCUT2D eigenvalue weighted by molar-refractivity contribution is 0.177. The molecule has 0 radical (unpaired) electrons. The van der Waals surface area contributed by atoms with Gasteiger partial charge in [-0.1, -0.05) is 42.5 Å². The van der Waals surface area contributed by atoms with Crippen LogP contribution in [-0.4, -0.2) is 24.0 Å². The highest BCUT2D eigenvalue weighted by atomic mass is 16.2. The summed E-state index contributed by atoms with van der Waals surface area (Å²) in [4.78, 5) is 13.4. The minimum Gasteiger partial charge on any atom is -0.351 e. The first-order valence-corrected chi connectivity index (χ1v) is 8.61. The van der Waals surface area contributed by atoms with E-state index >= 15 is 0 Å². The molecule has 2 amide bonds. The van der Waals surface area contributed by atoms with Crippen LogP contribution in [0.3, 0.4) is 0 Å². The normalized spacial score (nSPS) is 16.0. The maximum atomic E-state index is 11.0. The standard InChI is InChI=1S/C20H25N3O/c21-20(24)22-19-8-4-7-18(14-19)15-23-11-9-17(10-12-23)13-16-5-2-1-3-6-16/h1-8,14,17H,9-13,15H2,(H3,21,22,24). The van der Waals surface area contributed by atoms with Crippen LogP contribution in [0, 0.1) is 5.92 Å². The molecule has 0 spiro atoms. The summed E-state index contributed by atoms with van der Waals surface area (Å²) in [6.45, 7) is 3.18. The van der Waals surface area contributed by atoms with E-state index in [2.05, 4.69) is 46.6 Å². The number of hydrogen-bond acceptors (Lipinski definition) is 2. The number of hydrogen-bond donors (Lipinski definition) is 2. The molecular weight excluding hydrogens is 298 g/mol. The van der Waals surface area contributed by atoms with Crippen molar-refractivity contribution < 1.29 is 4.79 Å².